The molecular formula is C22H27ClN4O2. The van der Waals surface area contributed by atoms with Crippen molar-refractivity contribution >= 4 is 23.5 Å². The molecule has 0 aliphatic carbocycles. The average Bonchev–Trinajstić information content (AvgIpc) is 2.75. The lowest BCUT2D eigenvalue weighted by Gasteiger charge is -2.36. The second-order valence-electron chi connectivity index (χ2n) is 6.89. The molecule has 29 heavy (non-hydrogen) atoms. The number of ether oxygens (including phenoxy) is 1. The Morgan fingerprint density at radius 3 is 2.52 bits per heavy atom. The van der Waals surface area contributed by atoms with E-state index in [4.69, 9.17) is 16.3 Å². The summed E-state index contributed by atoms with van der Waals surface area (Å²) < 4.78 is 5.41. The Morgan fingerprint density at radius 1 is 1.10 bits per heavy atom. The van der Waals surface area contributed by atoms with Crippen LogP contribution in [0, 0.1) is 0 Å². The third-order valence-electron chi connectivity index (χ3n) is 5.02. The Morgan fingerprint density at radius 2 is 1.83 bits per heavy atom. The van der Waals surface area contributed by atoms with E-state index < -0.39 is 0 Å². The van der Waals surface area contributed by atoms with Crippen molar-refractivity contribution in [2.45, 2.75) is 13.0 Å². The molecule has 1 N–H and O–H groups in total. The van der Waals surface area contributed by atoms with Crippen LogP contribution in [0.25, 0.3) is 0 Å². The van der Waals surface area contributed by atoms with E-state index in [0.717, 1.165) is 35.9 Å². The summed E-state index contributed by atoms with van der Waals surface area (Å²) in [7, 11) is 3.45. The Bertz CT molecular complexity index is 863. The number of hydrogen-bond acceptors (Lipinski definition) is 3. The van der Waals surface area contributed by atoms with Crippen molar-refractivity contribution in [3.8, 4) is 5.75 Å². The summed E-state index contributed by atoms with van der Waals surface area (Å²) >= 11 is 6.02. The van der Waals surface area contributed by atoms with Crippen molar-refractivity contribution in [3.05, 3.63) is 64.7 Å². The SMILES string of the molecule is CN=C(NCc1ccccc1OC)N1CCN(C(=O)Cc2cccc(Cl)c2)CC1. The number of benzene rings is 2. The van der Waals surface area contributed by atoms with Crippen molar-refractivity contribution in [3.63, 3.8) is 0 Å². The van der Waals surface area contributed by atoms with Crippen LogP contribution >= 0.6 is 11.6 Å². The first-order valence-corrected chi connectivity index (χ1v) is 10.1. The molecule has 0 unspecified atom stereocenters. The fourth-order valence-corrected chi connectivity index (χ4v) is 3.67. The summed E-state index contributed by atoms with van der Waals surface area (Å²) in [6.07, 6.45) is 0.376. The normalized spacial score (nSPS) is 14.7. The van der Waals surface area contributed by atoms with Crippen LogP contribution in [0.2, 0.25) is 5.02 Å². The number of hydrogen-bond donors (Lipinski definition) is 1. The maximum absolute atomic E-state index is 12.6. The minimum atomic E-state index is 0.129. The highest BCUT2D eigenvalue weighted by Gasteiger charge is 2.23. The van der Waals surface area contributed by atoms with Crippen LogP contribution in [0.15, 0.2) is 53.5 Å². The Balaban J connectivity index is 1.51. The minimum Gasteiger partial charge on any atom is -0.496 e. The van der Waals surface area contributed by atoms with Gasteiger partial charge in [0.05, 0.1) is 13.5 Å². The monoisotopic (exact) mass is 414 g/mol. The van der Waals surface area contributed by atoms with Gasteiger partial charge in [-0.2, -0.15) is 0 Å². The number of piperazine rings is 1. The third kappa shape index (κ3) is 5.64. The van der Waals surface area contributed by atoms with E-state index in [2.05, 4.69) is 15.2 Å². The molecule has 0 bridgehead atoms. The molecule has 1 amide bonds. The van der Waals surface area contributed by atoms with Gasteiger partial charge in [-0.1, -0.05) is 41.9 Å². The zero-order valence-corrected chi connectivity index (χ0v) is 17.7. The van der Waals surface area contributed by atoms with E-state index in [1.54, 1.807) is 14.2 Å². The quantitative estimate of drug-likeness (QED) is 0.603. The third-order valence-corrected chi connectivity index (χ3v) is 5.25. The van der Waals surface area contributed by atoms with Crippen molar-refractivity contribution in [2.24, 2.45) is 4.99 Å². The Labute approximate surface area is 177 Å². The number of para-hydroxylation sites is 1. The summed E-state index contributed by atoms with van der Waals surface area (Å²) in [5.74, 6) is 1.81. The molecule has 0 aromatic heterocycles. The molecule has 1 saturated heterocycles. The number of methoxy groups -OCH3 is 1. The fourth-order valence-electron chi connectivity index (χ4n) is 3.46. The van der Waals surface area contributed by atoms with Crippen LogP contribution in [0.3, 0.4) is 0 Å². The van der Waals surface area contributed by atoms with Gasteiger partial charge in [-0.3, -0.25) is 9.79 Å². The van der Waals surface area contributed by atoms with E-state index in [-0.39, 0.29) is 5.91 Å². The largest absolute Gasteiger partial charge is 0.496 e. The first-order chi connectivity index (χ1) is 14.1. The number of aliphatic imine (C=N–C) groups is 1. The molecule has 2 aromatic rings. The lowest BCUT2D eigenvalue weighted by molar-refractivity contribution is -0.131. The van der Waals surface area contributed by atoms with E-state index in [1.165, 1.54) is 0 Å². The van der Waals surface area contributed by atoms with E-state index >= 15 is 0 Å². The van der Waals surface area contributed by atoms with Gasteiger partial charge in [-0.25, -0.2) is 0 Å². The first kappa shape index (κ1) is 21.0. The fraction of sp³-hybridized carbons (Fsp3) is 0.364. The van der Waals surface area contributed by atoms with Crippen LogP contribution in [0.1, 0.15) is 11.1 Å². The highest BCUT2D eigenvalue weighted by molar-refractivity contribution is 6.30. The van der Waals surface area contributed by atoms with Crippen LogP contribution in [-0.4, -0.2) is 62.0 Å². The highest BCUT2D eigenvalue weighted by Crippen LogP contribution is 2.17. The molecule has 2 aromatic carbocycles. The Hall–Kier alpha value is -2.73. The molecule has 7 heteroatoms. The lowest BCUT2D eigenvalue weighted by atomic mass is 10.1. The first-order valence-electron chi connectivity index (χ1n) is 9.70. The van der Waals surface area contributed by atoms with Crippen LogP contribution < -0.4 is 10.1 Å². The van der Waals surface area contributed by atoms with Crippen LogP contribution in [-0.2, 0) is 17.8 Å². The average molecular weight is 415 g/mol. The van der Waals surface area contributed by atoms with Gasteiger partial charge in [0, 0.05) is 50.4 Å². The molecule has 0 atom stereocenters. The molecule has 0 radical (unpaired) electrons. The molecule has 1 fully saturated rings. The van der Waals surface area contributed by atoms with Gasteiger partial charge in [0.2, 0.25) is 5.91 Å². The molecule has 0 spiro atoms. The van der Waals surface area contributed by atoms with Crippen LogP contribution in [0.5, 0.6) is 5.75 Å². The smallest absolute Gasteiger partial charge is 0.227 e. The van der Waals surface area contributed by atoms with Crippen LogP contribution in [0.4, 0.5) is 0 Å². The van der Waals surface area contributed by atoms with Gasteiger partial charge >= 0.3 is 0 Å². The van der Waals surface area contributed by atoms with Gasteiger partial charge in [0.15, 0.2) is 5.96 Å². The number of nitrogens with zero attached hydrogens (tertiary/aromatic N) is 3. The summed E-state index contributed by atoms with van der Waals surface area (Å²) in [5, 5.41) is 4.06. The van der Waals surface area contributed by atoms with Crippen molar-refractivity contribution in [1.82, 2.24) is 15.1 Å². The van der Waals surface area contributed by atoms with Gasteiger partial charge < -0.3 is 19.9 Å². The lowest BCUT2D eigenvalue weighted by Crippen LogP contribution is -2.53. The second kappa shape index (κ2) is 10.2. The summed E-state index contributed by atoms with van der Waals surface area (Å²) in [5.41, 5.74) is 2.02. The predicted molar refractivity (Wildman–Crippen MR) is 117 cm³/mol. The molecule has 154 valence electrons. The standard InChI is InChI=1S/C22H27ClN4O2/c1-24-22(25-16-18-7-3-4-9-20(18)29-2)27-12-10-26(11-13-27)21(28)15-17-6-5-8-19(23)14-17/h3-9,14H,10-13,15-16H2,1-2H3,(H,24,25). The second-order valence-corrected chi connectivity index (χ2v) is 7.32. The summed E-state index contributed by atoms with van der Waals surface area (Å²) in [4.78, 5) is 21.1. The molecule has 1 aliphatic rings. The summed E-state index contributed by atoms with van der Waals surface area (Å²) in [6, 6.07) is 15.4. The maximum Gasteiger partial charge on any atom is 0.227 e. The molecule has 6 nitrogen and oxygen atoms in total. The number of rotatable bonds is 5. The number of amides is 1. The topological polar surface area (TPSA) is 57.2 Å². The van der Waals surface area contributed by atoms with E-state index in [1.807, 2.05) is 53.4 Å². The van der Waals surface area contributed by atoms with Crippen molar-refractivity contribution in [2.75, 3.05) is 40.3 Å². The van der Waals surface area contributed by atoms with E-state index in [9.17, 15) is 4.79 Å². The van der Waals surface area contributed by atoms with Crippen molar-refractivity contribution in [1.29, 1.82) is 0 Å². The predicted octanol–water partition coefficient (Wildman–Crippen LogP) is 2.81. The Kier molecular flexibility index (Phi) is 7.36. The number of guanidine groups is 1. The molecule has 3 rings (SSSR count). The van der Waals surface area contributed by atoms with Gasteiger partial charge in [-0.05, 0) is 23.8 Å². The van der Waals surface area contributed by atoms with Gasteiger partial charge in [-0.15, -0.1) is 0 Å². The molecule has 1 heterocycles. The van der Waals surface area contributed by atoms with Gasteiger partial charge in [0.25, 0.3) is 0 Å². The van der Waals surface area contributed by atoms with Crippen molar-refractivity contribution < 1.29 is 9.53 Å². The zero-order chi connectivity index (χ0) is 20.6. The number of carbonyl (C=O) groups is 1. The molecule has 0 saturated carbocycles. The minimum absolute atomic E-state index is 0.129. The molecular weight excluding hydrogens is 388 g/mol. The number of carbonyl (C=O) groups excluding carboxylic acids is 1. The number of nitrogens with one attached hydrogen (secondary N) is 1. The molecule has 1 aliphatic heterocycles. The van der Waals surface area contributed by atoms with Gasteiger partial charge in [0.1, 0.15) is 5.75 Å². The maximum atomic E-state index is 12.6. The number of halogens is 1. The van der Waals surface area contributed by atoms with E-state index in [0.29, 0.717) is 31.1 Å². The zero-order valence-electron chi connectivity index (χ0n) is 16.9. The highest BCUT2D eigenvalue weighted by atomic mass is 35.5. The summed E-state index contributed by atoms with van der Waals surface area (Å²) in [6.45, 7) is 3.47.